The fraction of sp³-hybridized carbons (Fsp3) is 0.900. The molecular weight excluding hydrogens is 152 g/mol. The molecule has 2 nitrogen and oxygen atoms in total. The van der Waals surface area contributed by atoms with E-state index in [1.807, 2.05) is 0 Å². The van der Waals surface area contributed by atoms with Crippen molar-refractivity contribution in [2.24, 2.45) is 5.92 Å². The minimum atomic E-state index is -0.140. The molecule has 70 valence electrons. The SMILES string of the molecule is CC(=O)OCC1CCCCCC1. The highest BCUT2D eigenvalue weighted by Gasteiger charge is 2.12. The van der Waals surface area contributed by atoms with Gasteiger partial charge in [-0.25, -0.2) is 0 Å². The fourth-order valence-electron chi connectivity index (χ4n) is 1.77. The lowest BCUT2D eigenvalue weighted by Crippen LogP contribution is -2.11. The van der Waals surface area contributed by atoms with Crippen LogP contribution in [-0.4, -0.2) is 12.6 Å². The molecule has 1 saturated carbocycles. The van der Waals surface area contributed by atoms with Crippen LogP contribution in [0.15, 0.2) is 0 Å². The van der Waals surface area contributed by atoms with Gasteiger partial charge >= 0.3 is 5.97 Å². The van der Waals surface area contributed by atoms with Crippen molar-refractivity contribution in [3.05, 3.63) is 0 Å². The van der Waals surface area contributed by atoms with Gasteiger partial charge in [-0.05, 0) is 18.8 Å². The van der Waals surface area contributed by atoms with E-state index in [0.717, 1.165) is 0 Å². The predicted molar refractivity (Wildman–Crippen MR) is 47.8 cm³/mol. The lowest BCUT2D eigenvalue weighted by Gasteiger charge is -2.12. The predicted octanol–water partition coefficient (Wildman–Crippen LogP) is 2.52. The summed E-state index contributed by atoms with van der Waals surface area (Å²) in [6.07, 6.45) is 7.82. The summed E-state index contributed by atoms with van der Waals surface area (Å²) in [7, 11) is 0. The average Bonchev–Trinajstić information content (AvgIpc) is 2.28. The van der Waals surface area contributed by atoms with Crippen molar-refractivity contribution < 1.29 is 9.53 Å². The minimum absolute atomic E-state index is 0.140. The van der Waals surface area contributed by atoms with E-state index in [2.05, 4.69) is 0 Å². The molecular formula is C10H18O2. The maximum absolute atomic E-state index is 10.6. The van der Waals surface area contributed by atoms with E-state index in [0.29, 0.717) is 12.5 Å². The molecule has 0 atom stereocenters. The van der Waals surface area contributed by atoms with Gasteiger partial charge in [-0.3, -0.25) is 4.79 Å². The molecule has 0 aliphatic heterocycles. The summed E-state index contributed by atoms with van der Waals surface area (Å²) in [5.41, 5.74) is 0. The molecule has 1 rings (SSSR count). The van der Waals surface area contributed by atoms with Crippen LogP contribution in [0, 0.1) is 5.92 Å². The topological polar surface area (TPSA) is 26.3 Å². The standard InChI is InChI=1S/C10H18O2/c1-9(11)12-8-10-6-4-2-3-5-7-10/h10H,2-8H2,1H3. The Bertz CT molecular complexity index is 135. The van der Waals surface area contributed by atoms with Crippen LogP contribution >= 0.6 is 0 Å². The molecule has 0 unspecified atom stereocenters. The van der Waals surface area contributed by atoms with Gasteiger partial charge in [0.2, 0.25) is 0 Å². The minimum Gasteiger partial charge on any atom is -0.466 e. The first-order chi connectivity index (χ1) is 5.79. The number of hydrogen-bond acceptors (Lipinski definition) is 2. The Morgan fingerprint density at radius 3 is 2.33 bits per heavy atom. The zero-order valence-corrected chi connectivity index (χ0v) is 7.84. The van der Waals surface area contributed by atoms with Crippen LogP contribution < -0.4 is 0 Å². The first-order valence-corrected chi connectivity index (χ1v) is 4.92. The molecule has 0 radical (unpaired) electrons. The van der Waals surface area contributed by atoms with Gasteiger partial charge in [0.1, 0.15) is 0 Å². The van der Waals surface area contributed by atoms with E-state index >= 15 is 0 Å². The Labute approximate surface area is 74.3 Å². The maximum Gasteiger partial charge on any atom is 0.302 e. The van der Waals surface area contributed by atoms with E-state index in [4.69, 9.17) is 4.74 Å². The molecule has 0 bridgehead atoms. The second-order valence-electron chi connectivity index (χ2n) is 3.66. The summed E-state index contributed by atoms with van der Waals surface area (Å²) in [5.74, 6) is 0.496. The monoisotopic (exact) mass is 170 g/mol. The number of ether oxygens (including phenoxy) is 1. The van der Waals surface area contributed by atoms with Gasteiger partial charge in [0.15, 0.2) is 0 Å². The zero-order valence-electron chi connectivity index (χ0n) is 7.84. The van der Waals surface area contributed by atoms with Crippen LogP contribution in [0.4, 0.5) is 0 Å². The third kappa shape index (κ3) is 3.74. The Hall–Kier alpha value is -0.530. The van der Waals surface area contributed by atoms with Crippen LogP contribution in [0.25, 0.3) is 0 Å². The molecule has 1 aliphatic rings. The molecule has 0 amide bonds. The molecule has 1 aliphatic carbocycles. The van der Waals surface area contributed by atoms with Crippen LogP contribution in [-0.2, 0) is 9.53 Å². The van der Waals surface area contributed by atoms with Crippen molar-refractivity contribution >= 4 is 5.97 Å². The van der Waals surface area contributed by atoms with E-state index in [9.17, 15) is 4.79 Å². The average molecular weight is 170 g/mol. The second kappa shape index (κ2) is 5.18. The van der Waals surface area contributed by atoms with Crippen molar-refractivity contribution in [3.63, 3.8) is 0 Å². The van der Waals surface area contributed by atoms with Gasteiger partial charge in [-0.1, -0.05) is 25.7 Å². The Morgan fingerprint density at radius 1 is 1.25 bits per heavy atom. The number of rotatable bonds is 2. The van der Waals surface area contributed by atoms with E-state index in [1.54, 1.807) is 0 Å². The van der Waals surface area contributed by atoms with Gasteiger partial charge < -0.3 is 4.74 Å². The fourth-order valence-corrected chi connectivity index (χ4v) is 1.77. The number of carbonyl (C=O) groups excluding carboxylic acids is 1. The molecule has 0 aromatic heterocycles. The quantitative estimate of drug-likeness (QED) is 0.470. The highest BCUT2D eigenvalue weighted by molar-refractivity contribution is 5.65. The molecule has 0 saturated heterocycles. The Kier molecular flexibility index (Phi) is 4.12. The van der Waals surface area contributed by atoms with Gasteiger partial charge in [0, 0.05) is 6.92 Å². The summed E-state index contributed by atoms with van der Waals surface area (Å²) < 4.78 is 5.00. The maximum atomic E-state index is 10.6. The molecule has 0 spiro atoms. The lowest BCUT2D eigenvalue weighted by molar-refractivity contribution is -0.142. The molecule has 0 aromatic carbocycles. The molecule has 0 N–H and O–H groups in total. The zero-order chi connectivity index (χ0) is 8.81. The Morgan fingerprint density at radius 2 is 1.83 bits per heavy atom. The molecule has 0 aromatic rings. The normalized spacial score (nSPS) is 20.1. The highest BCUT2D eigenvalue weighted by atomic mass is 16.5. The second-order valence-corrected chi connectivity index (χ2v) is 3.66. The van der Waals surface area contributed by atoms with Gasteiger partial charge in [-0.15, -0.1) is 0 Å². The summed E-state index contributed by atoms with van der Waals surface area (Å²) in [6, 6.07) is 0. The van der Waals surface area contributed by atoms with Crippen molar-refractivity contribution in [2.45, 2.75) is 45.4 Å². The van der Waals surface area contributed by atoms with Crippen molar-refractivity contribution in [1.82, 2.24) is 0 Å². The smallest absolute Gasteiger partial charge is 0.302 e. The first kappa shape index (κ1) is 9.56. The first-order valence-electron chi connectivity index (χ1n) is 4.92. The summed E-state index contributed by atoms with van der Waals surface area (Å²) in [4.78, 5) is 10.6. The van der Waals surface area contributed by atoms with E-state index < -0.39 is 0 Å². The summed E-state index contributed by atoms with van der Waals surface area (Å²) in [6.45, 7) is 2.13. The van der Waals surface area contributed by atoms with Crippen molar-refractivity contribution in [2.75, 3.05) is 6.61 Å². The summed E-state index contributed by atoms with van der Waals surface area (Å²) >= 11 is 0. The van der Waals surface area contributed by atoms with Crippen molar-refractivity contribution in [1.29, 1.82) is 0 Å². The van der Waals surface area contributed by atoms with Crippen molar-refractivity contribution in [3.8, 4) is 0 Å². The molecule has 12 heavy (non-hydrogen) atoms. The van der Waals surface area contributed by atoms with E-state index in [-0.39, 0.29) is 5.97 Å². The third-order valence-electron chi connectivity index (χ3n) is 2.50. The van der Waals surface area contributed by atoms with Crippen LogP contribution in [0.3, 0.4) is 0 Å². The number of esters is 1. The van der Waals surface area contributed by atoms with Gasteiger partial charge in [0.05, 0.1) is 6.61 Å². The molecule has 0 heterocycles. The van der Waals surface area contributed by atoms with Crippen LogP contribution in [0.2, 0.25) is 0 Å². The summed E-state index contributed by atoms with van der Waals surface area (Å²) in [5, 5.41) is 0. The van der Waals surface area contributed by atoms with Gasteiger partial charge in [-0.2, -0.15) is 0 Å². The van der Waals surface area contributed by atoms with Gasteiger partial charge in [0.25, 0.3) is 0 Å². The number of carbonyl (C=O) groups is 1. The van der Waals surface area contributed by atoms with E-state index in [1.165, 1.54) is 45.4 Å². The molecule has 1 fully saturated rings. The third-order valence-corrected chi connectivity index (χ3v) is 2.50. The largest absolute Gasteiger partial charge is 0.466 e. The number of hydrogen-bond donors (Lipinski definition) is 0. The van der Waals surface area contributed by atoms with Crippen LogP contribution in [0.5, 0.6) is 0 Å². The highest BCUT2D eigenvalue weighted by Crippen LogP contribution is 2.22. The van der Waals surface area contributed by atoms with Crippen LogP contribution in [0.1, 0.15) is 45.4 Å². The molecule has 2 heteroatoms. The Balaban J connectivity index is 2.16. The lowest BCUT2D eigenvalue weighted by atomic mass is 10.0.